The summed E-state index contributed by atoms with van der Waals surface area (Å²) in [4.78, 5) is 11.2. The summed E-state index contributed by atoms with van der Waals surface area (Å²) < 4.78 is 10.2. The maximum absolute atomic E-state index is 11.2. The predicted molar refractivity (Wildman–Crippen MR) is 54.7 cm³/mol. The Hall–Kier alpha value is -1.01. The summed E-state index contributed by atoms with van der Waals surface area (Å²) in [6.45, 7) is 7.23. The quantitative estimate of drug-likeness (QED) is 0.510. The largest absolute Gasteiger partial charge is 0.458 e. The van der Waals surface area contributed by atoms with E-state index in [1.54, 1.807) is 0 Å². The van der Waals surface area contributed by atoms with Crippen molar-refractivity contribution in [1.29, 1.82) is 0 Å². The van der Waals surface area contributed by atoms with Crippen LogP contribution in [0.25, 0.3) is 0 Å². The summed E-state index contributed by atoms with van der Waals surface area (Å²) in [5.41, 5.74) is -0.463. The highest BCUT2D eigenvalue weighted by Crippen LogP contribution is 2.07. The van der Waals surface area contributed by atoms with Gasteiger partial charge in [0.1, 0.15) is 12.2 Å². The summed E-state index contributed by atoms with van der Waals surface area (Å²) in [5.74, 6) is 2.10. The van der Waals surface area contributed by atoms with Crippen LogP contribution in [0.3, 0.4) is 0 Å². The zero-order chi connectivity index (χ0) is 11.2. The average Bonchev–Trinajstić information content (AvgIpc) is 1.98. The molecule has 0 aliphatic rings. The smallest absolute Gasteiger partial charge is 0.332 e. The first kappa shape index (κ1) is 13.0. The molecule has 0 aliphatic carbocycles. The number of esters is 1. The van der Waals surface area contributed by atoms with Gasteiger partial charge in [0.05, 0.1) is 6.10 Å². The topological polar surface area (TPSA) is 35.5 Å². The van der Waals surface area contributed by atoms with Gasteiger partial charge in [-0.05, 0) is 27.7 Å². The fourth-order valence-electron chi connectivity index (χ4n) is 0.806. The zero-order valence-corrected chi connectivity index (χ0v) is 9.29. The molecule has 0 heterocycles. The van der Waals surface area contributed by atoms with E-state index in [2.05, 4.69) is 5.92 Å². The Bertz CT molecular complexity index is 220. The molecule has 0 aromatic heterocycles. The first-order chi connectivity index (χ1) is 6.35. The third-order valence-corrected chi connectivity index (χ3v) is 1.31. The number of hydrogen-bond acceptors (Lipinski definition) is 3. The third-order valence-electron chi connectivity index (χ3n) is 1.31. The summed E-state index contributed by atoms with van der Waals surface area (Å²) >= 11 is 0. The van der Waals surface area contributed by atoms with E-state index < -0.39 is 5.60 Å². The van der Waals surface area contributed by atoms with Crippen molar-refractivity contribution in [2.24, 2.45) is 0 Å². The van der Waals surface area contributed by atoms with Gasteiger partial charge in [-0.25, -0.2) is 4.79 Å². The van der Waals surface area contributed by atoms with Gasteiger partial charge >= 0.3 is 5.97 Å². The normalized spacial score (nSPS) is 13.1. The molecule has 0 saturated heterocycles. The van der Waals surface area contributed by atoms with Gasteiger partial charge in [0, 0.05) is 6.42 Å². The van der Waals surface area contributed by atoms with Gasteiger partial charge in [-0.2, -0.15) is 0 Å². The molecule has 0 aliphatic heterocycles. The maximum Gasteiger partial charge on any atom is 0.332 e. The summed E-state index contributed by atoms with van der Waals surface area (Å²) in [6, 6.07) is 0. The predicted octanol–water partition coefficient (Wildman–Crippen LogP) is 1.76. The van der Waals surface area contributed by atoms with E-state index in [9.17, 15) is 4.79 Å². The maximum atomic E-state index is 11.2. The molecule has 1 atom stereocenters. The van der Waals surface area contributed by atoms with E-state index in [-0.39, 0.29) is 18.7 Å². The lowest BCUT2D eigenvalue weighted by Crippen LogP contribution is -2.27. The van der Waals surface area contributed by atoms with Crippen molar-refractivity contribution in [3.8, 4) is 12.3 Å². The first-order valence-electron chi connectivity index (χ1n) is 4.62. The van der Waals surface area contributed by atoms with Crippen LogP contribution in [0.1, 0.15) is 34.1 Å². The van der Waals surface area contributed by atoms with Crippen molar-refractivity contribution in [1.82, 2.24) is 0 Å². The Morgan fingerprint density at radius 3 is 2.50 bits per heavy atom. The molecule has 0 spiro atoms. The van der Waals surface area contributed by atoms with Crippen LogP contribution in [0.4, 0.5) is 0 Å². The number of carbonyl (C=O) groups excluding carboxylic acids is 1. The van der Waals surface area contributed by atoms with Crippen LogP contribution in [-0.4, -0.2) is 24.3 Å². The van der Waals surface area contributed by atoms with Crippen molar-refractivity contribution >= 4 is 5.97 Å². The highest BCUT2D eigenvalue weighted by molar-refractivity contribution is 5.71. The van der Waals surface area contributed by atoms with Crippen molar-refractivity contribution in [3.05, 3.63) is 0 Å². The van der Waals surface area contributed by atoms with Crippen LogP contribution >= 0.6 is 0 Å². The second kappa shape index (κ2) is 5.66. The molecule has 0 fully saturated rings. The fraction of sp³-hybridized carbons (Fsp3) is 0.727. The second-order valence-electron chi connectivity index (χ2n) is 4.12. The molecule has 3 heteroatoms. The molecule has 0 saturated carbocycles. The Morgan fingerprint density at radius 2 is 2.07 bits per heavy atom. The molecule has 0 bridgehead atoms. The molecule has 0 amide bonds. The highest BCUT2D eigenvalue weighted by atomic mass is 16.6. The third kappa shape index (κ3) is 7.63. The lowest BCUT2D eigenvalue weighted by molar-refractivity contribution is -0.161. The zero-order valence-electron chi connectivity index (χ0n) is 9.29. The van der Waals surface area contributed by atoms with E-state index in [4.69, 9.17) is 15.9 Å². The first-order valence-corrected chi connectivity index (χ1v) is 4.62. The Kier molecular flexibility index (Phi) is 5.26. The minimum atomic E-state index is -0.463. The monoisotopic (exact) mass is 198 g/mol. The standard InChI is InChI=1S/C11H18O3/c1-6-7-9(2)13-8-10(12)14-11(3,4)5/h1,9H,7-8H2,2-5H3. The summed E-state index contributed by atoms with van der Waals surface area (Å²) in [5, 5.41) is 0. The van der Waals surface area contributed by atoms with Gasteiger partial charge in [0.25, 0.3) is 0 Å². The molecule has 0 aromatic rings. The van der Waals surface area contributed by atoms with Crippen molar-refractivity contribution in [2.45, 2.75) is 45.8 Å². The van der Waals surface area contributed by atoms with Gasteiger partial charge in [-0.3, -0.25) is 0 Å². The minimum absolute atomic E-state index is 0.0416. The Labute approximate surface area is 85.8 Å². The number of terminal acetylenes is 1. The number of rotatable bonds is 4. The van der Waals surface area contributed by atoms with Crippen LogP contribution in [0.15, 0.2) is 0 Å². The van der Waals surface area contributed by atoms with Crippen molar-refractivity contribution in [2.75, 3.05) is 6.61 Å². The van der Waals surface area contributed by atoms with Crippen LogP contribution in [-0.2, 0) is 14.3 Å². The van der Waals surface area contributed by atoms with E-state index in [0.717, 1.165) is 0 Å². The van der Waals surface area contributed by atoms with E-state index in [1.807, 2.05) is 27.7 Å². The van der Waals surface area contributed by atoms with Crippen LogP contribution in [0, 0.1) is 12.3 Å². The molecular weight excluding hydrogens is 180 g/mol. The Balaban J connectivity index is 3.71. The molecule has 14 heavy (non-hydrogen) atoms. The SMILES string of the molecule is C#CCC(C)OCC(=O)OC(C)(C)C. The molecule has 0 N–H and O–H groups in total. The molecule has 0 aromatic carbocycles. The van der Waals surface area contributed by atoms with Crippen molar-refractivity contribution < 1.29 is 14.3 Å². The molecule has 0 rings (SSSR count). The molecule has 0 radical (unpaired) electrons. The van der Waals surface area contributed by atoms with Gasteiger partial charge in [-0.1, -0.05) is 0 Å². The van der Waals surface area contributed by atoms with Crippen LogP contribution in [0.5, 0.6) is 0 Å². The molecule has 3 nitrogen and oxygen atoms in total. The number of hydrogen-bond donors (Lipinski definition) is 0. The van der Waals surface area contributed by atoms with E-state index in [1.165, 1.54) is 0 Å². The lowest BCUT2D eigenvalue weighted by Gasteiger charge is -2.20. The van der Waals surface area contributed by atoms with Crippen LogP contribution in [0.2, 0.25) is 0 Å². The van der Waals surface area contributed by atoms with E-state index in [0.29, 0.717) is 6.42 Å². The average molecular weight is 198 g/mol. The lowest BCUT2D eigenvalue weighted by atomic mass is 10.2. The highest BCUT2D eigenvalue weighted by Gasteiger charge is 2.16. The minimum Gasteiger partial charge on any atom is -0.458 e. The second-order valence-corrected chi connectivity index (χ2v) is 4.12. The van der Waals surface area contributed by atoms with Crippen LogP contribution < -0.4 is 0 Å². The van der Waals surface area contributed by atoms with Gasteiger partial charge < -0.3 is 9.47 Å². The fourth-order valence-corrected chi connectivity index (χ4v) is 0.806. The molecule has 1 unspecified atom stereocenters. The summed E-state index contributed by atoms with van der Waals surface area (Å²) in [6.07, 6.45) is 5.49. The molecular formula is C11H18O3. The Morgan fingerprint density at radius 1 is 1.50 bits per heavy atom. The van der Waals surface area contributed by atoms with Crippen molar-refractivity contribution in [3.63, 3.8) is 0 Å². The number of carbonyl (C=O) groups is 1. The van der Waals surface area contributed by atoms with Gasteiger partial charge in [0.2, 0.25) is 0 Å². The van der Waals surface area contributed by atoms with E-state index >= 15 is 0 Å². The molecule has 80 valence electrons. The van der Waals surface area contributed by atoms with Gasteiger partial charge in [-0.15, -0.1) is 12.3 Å². The summed E-state index contributed by atoms with van der Waals surface area (Å²) in [7, 11) is 0. The van der Waals surface area contributed by atoms with Gasteiger partial charge in [0.15, 0.2) is 0 Å². The number of ether oxygens (including phenoxy) is 2.